The molecule has 1 N–H and O–H groups in total. The molecule has 0 heterocycles. The van der Waals surface area contributed by atoms with Crippen molar-refractivity contribution in [1.29, 1.82) is 0 Å². The van der Waals surface area contributed by atoms with Crippen molar-refractivity contribution in [1.82, 2.24) is 5.32 Å². The number of hydrogen-bond acceptors (Lipinski definition) is 3. The number of carbonyl (C=O) groups excluding carboxylic acids is 2. The predicted molar refractivity (Wildman–Crippen MR) is 116 cm³/mol. The molecular formula is C21H19Cl4NO3. The van der Waals surface area contributed by atoms with Crippen molar-refractivity contribution in [3.8, 4) is 0 Å². The van der Waals surface area contributed by atoms with Gasteiger partial charge in [0.1, 0.15) is 6.04 Å². The molecule has 8 heteroatoms. The van der Waals surface area contributed by atoms with E-state index in [2.05, 4.69) is 5.32 Å². The maximum atomic E-state index is 13.1. The van der Waals surface area contributed by atoms with Crippen molar-refractivity contribution in [2.75, 3.05) is 6.61 Å². The van der Waals surface area contributed by atoms with Crippen molar-refractivity contribution in [2.24, 2.45) is 0 Å². The molecule has 0 bridgehead atoms. The van der Waals surface area contributed by atoms with E-state index < -0.39 is 17.4 Å². The standard InChI is InChI=1S/C21H19Cl4NO3/c1-2-29-19(27)18(9-12-3-4-13(22)10-16(12)24)26-20(28)21(7-8-21)15-6-5-14(23)11-17(15)25/h3-6,10-11,18H,2,7-9H2,1H3,(H,26,28). The maximum absolute atomic E-state index is 13.1. The van der Waals surface area contributed by atoms with E-state index in [-0.39, 0.29) is 18.9 Å². The monoisotopic (exact) mass is 473 g/mol. The third-order valence-corrected chi connectivity index (χ3v) is 6.08. The first-order valence-corrected chi connectivity index (χ1v) is 10.6. The minimum absolute atomic E-state index is 0.186. The lowest BCUT2D eigenvalue weighted by Gasteiger charge is -2.23. The lowest BCUT2D eigenvalue weighted by atomic mass is 9.94. The number of esters is 1. The molecule has 1 saturated carbocycles. The van der Waals surface area contributed by atoms with Crippen LogP contribution in [0.25, 0.3) is 0 Å². The molecule has 4 nitrogen and oxygen atoms in total. The first-order chi connectivity index (χ1) is 13.8. The summed E-state index contributed by atoms with van der Waals surface area (Å²) in [6.07, 6.45) is 1.46. The van der Waals surface area contributed by atoms with Gasteiger partial charge in [-0.1, -0.05) is 58.5 Å². The average Bonchev–Trinajstić information content (AvgIpc) is 3.45. The van der Waals surface area contributed by atoms with Crippen molar-refractivity contribution in [3.63, 3.8) is 0 Å². The first kappa shape index (κ1) is 22.2. The van der Waals surface area contributed by atoms with Gasteiger partial charge in [0.15, 0.2) is 0 Å². The number of ether oxygens (including phenoxy) is 1. The number of nitrogens with one attached hydrogen (secondary N) is 1. The maximum Gasteiger partial charge on any atom is 0.328 e. The summed E-state index contributed by atoms with van der Waals surface area (Å²) in [4.78, 5) is 25.7. The van der Waals surface area contributed by atoms with Crippen molar-refractivity contribution in [2.45, 2.75) is 37.6 Å². The highest BCUT2D eigenvalue weighted by Crippen LogP contribution is 2.51. The molecule has 1 unspecified atom stereocenters. The van der Waals surface area contributed by atoms with Gasteiger partial charge in [0, 0.05) is 26.5 Å². The van der Waals surface area contributed by atoms with Gasteiger partial charge in [0.2, 0.25) is 5.91 Å². The molecule has 0 spiro atoms. The molecule has 0 radical (unpaired) electrons. The number of rotatable bonds is 7. The van der Waals surface area contributed by atoms with E-state index in [1.165, 1.54) is 0 Å². The summed E-state index contributed by atoms with van der Waals surface area (Å²) in [5, 5.41) is 4.67. The van der Waals surface area contributed by atoms with Crippen LogP contribution in [0.4, 0.5) is 0 Å². The Kier molecular flexibility index (Phi) is 7.00. The van der Waals surface area contributed by atoms with Crippen molar-refractivity contribution in [3.05, 3.63) is 67.6 Å². The number of hydrogen-bond donors (Lipinski definition) is 1. The second-order valence-corrected chi connectivity index (χ2v) is 8.61. The molecule has 0 aromatic heterocycles. The molecule has 1 aliphatic rings. The van der Waals surface area contributed by atoms with Gasteiger partial charge >= 0.3 is 5.97 Å². The Labute approximate surface area is 189 Å². The molecule has 1 aliphatic carbocycles. The lowest BCUT2D eigenvalue weighted by molar-refractivity contribution is -0.147. The summed E-state index contributed by atoms with van der Waals surface area (Å²) < 4.78 is 5.15. The molecule has 0 saturated heterocycles. The van der Waals surface area contributed by atoms with Gasteiger partial charge in [-0.2, -0.15) is 0 Å². The van der Waals surface area contributed by atoms with Crippen LogP contribution in [0.3, 0.4) is 0 Å². The van der Waals surface area contributed by atoms with Crippen LogP contribution < -0.4 is 5.32 Å². The van der Waals surface area contributed by atoms with Crippen LogP contribution in [0.15, 0.2) is 36.4 Å². The summed E-state index contributed by atoms with van der Waals surface area (Å²) in [6, 6.07) is 9.19. The van der Waals surface area contributed by atoms with Crippen LogP contribution in [-0.2, 0) is 26.2 Å². The summed E-state index contributed by atoms with van der Waals surface area (Å²) in [7, 11) is 0. The van der Waals surface area contributed by atoms with E-state index in [9.17, 15) is 9.59 Å². The molecule has 29 heavy (non-hydrogen) atoms. The van der Waals surface area contributed by atoms with Gasteiger partial charge in [0.25, 0.3) is 0 Å². The Balaban J connectivity index is 1.83. The van der Waals surface area contributed by atoms with E-state index in [1.54, 1.807) is 43.3 Å². The highest BCUT2D eigenvalue weighted by molar-refractivity contribution is 6.35. The van der Waals surface area contributed by atoms with Crippen molar-refractivity contribution >= 4 is 58.3 Å². The number of carbonyl (C=O) groups is 2. The minimum atomic E-state index is -0.885. The van der Waals surface area contributed by atoms with E-state index in [1.807, 2.05) is 0 Å². The largest absolute Gasteiger partial charge is 0.464 e. The third kappa shape index (κ3) is 5.00. The second-order valence-electron chi connectivity index (χ2n) is 6.92. The predicted octanol–water partition coefficient (Wildman–Crippen LogP) is 5.62. The fourth-order valence-corrected chi connectivity index (χ4v) is 4.34. The number of amides is 1. The minimum Gasteiger partial charge on any atom is -0.464 e. The lowest BCUT2D eigenvalue weighted by Crippen LogP contribution is -2.47. The molecular weight excluding hydrogens is 456 g/mol. The highest BCUT2D eigenvalue weighted by atomic mass is 35.5. The molecule has 1 amide bonds. The zero-order valence-electron chi connectivity index (χ0n) is 15.6. The fourth-order valence-electron chi connectivity index (χ4n) is 3.26. The van der Waals surface area contributed by atoms with Gasteiger partial charge < -0.3 is 10.1 Å². The summed E-state index contributed by atoms with van der Waals surface area (Å²) in [5.74, 6) is -0.797. The Morgan fingerprint density at radius 2 is 1.66 bits per heavy atom. The van der Waals surface area contributed by atoms with Crippen LogP contribution in [0.2, 0.25) is 20.1 Å². The topological polar surface area (TPSA) is 55.4 Å². The normalized spacial score (nSPS) is 15.5. The van der Waals surface area contributed by atoms with Gasteiger partial charge in [0.05, 0.1) is 12.0 Å². The highest BCUT2D eigenvalue weighted by Gasteiger charge is 2.53. The van der Waals surface area contributed by atoms with E-state index in [0.717, 1.165) is 0 Å². The Morgan fingerprint density at radius 3 is 2.21 bits per heavy atom. The Bertz CT molecular complexity index is 944. The number of benzene rings is 2. The smallest absolute Gasteiger partial charge is 0.328 e. The second kappa shape index (κ2) is 9.13. The van der Waals surface area contributed by atoms with Crippen LogP contribution in [0, 0.1) is 0 Å². The zero-order valence-corrected chi connectivity index (χ0v) is 18.6. The quantitative estimate of drug-likeness (QED) is 0.529. The Hall–Kier alpha value is -1.46. The van der Waals surface area contributed by atoms with Gasteiger partial charge in [-0.15, -0.1) is 0 Å². The molecule has 1 atom stereocenters. The van der Waals surface area contributed by atoms with Crippen LogP contribution >= 0.6 is 46.4 Å². The zero-order chi connectivity index (χ0) is 21.2. The first-order valence-electron chi connectivity index (χ1n) is 9.14. The Morgan fingerprint density at radius 1 is 1.03 bits per heavy atom. The summed E-state index contributed by atoms with van der Waals surface area (Å²) in [5.41, 5.74) is 0.618. The van der Waals surface area contributed by atoms with Crippen molar-refractivity contribution < 1.29 is 14.3 Å². The molecule has 154 valence electrons. The van der Waals surface area contributed by atoms with Gasteiger partial charge in [-0.05, 0) is 55.2 Å². The van der Waals surface area contributed by atoms with Gasteiger partial charge in [-0.3, -0.25) is 4.79 Å². The van der Waals surface area contributed by atoms with Crippen LogP contribution in [0.5, 0.6) is 0 Å². The molecule has 2 aromatic carbocycles. The summed E-state index contributed by atoms with van der Waals surface area (Å²) in [6.45, 7) is 1.91. The van der Waals surface area contributed by atoms with Crippen LogP contribution in [-0.4, -0.2) is 24.5 Å². The number of halogens is 4. The molecule has 3 rings (SSSR count). The van der Waals surface area contributed by atoms with E-state index >= 15 is 0 Å². The van der Waals surface area contributed by atoms with E-state index in [0.29, 0.717) is 44.1 Å². The third-order valence-electron chi connectivity index (χ3n) is 4.95. The SMILES string of the molecule is CCOC(=O)C(Cc1ccc(Cl)cc1Cl)NC(=O)C1(c2ccc(Cl)cc2Cl)CC1. The summed E-state index contributed by atoms with van der Waals surface area (Å²) >= 11 is 24.5. The van der Waals surface area contributed by atoms with Gasteiger partial charge in [-0.25, -0.2) is 4.79 Å². The van der Waals surface area contributed by atoms with Crippen LogP contribution in [0.1, 0.15) is 30.9 Å². The van der Waals surface area contributed by atoms with E-state index in [4.69, 9.17) is 51.1 Å². The molecule has 1 fully saturated rings. The molecule has 0 aliphatic heterocycles. The fraction of sp³-hybridized carbons (Fsp3) is 0.333. The average molecular weight is 475 g/mol. The molecule has 2 aromatic rings.